The van der Waals surface area contributed by atoms with E-state index in [0.717, 1.165) is 0 Å². The van der Waals surface area contributed by atoms with Gasteiger partial charge in [-0.2, -0.15) is 4.98 Å². The van der Waals surface area contributed by atoms with Crippen molar-refractivity contribution in [1.29, 1.82) is 0 Å². The molecule has 20 heavy (non-hydrogen) atoms. The summed E-state index contributed by atoms with van der Waals surface area (Å²) in [6.45, 7) is 3.92. The third kappa shape index (κ3) is 4.49. The van der Waals surface area contributed by atoms with Gasteiger partial charge in [0.25, 0.3) is 0 Å². The van der Waals surface area contributed by atoms with Crippen molar-refractivity contribution in [3.05, 3.63) is 6.33 Å². The number of ether oxygens (including phenoxy) is 1. The molecule has 114 valence electrons. The summed E-state index contributed by atoms with van der Waals surface area (Å²) in [5.74, 6) is 0.599. The van der Waals surface area contributed by atoms with E-state index in [1.54, 1.807) is 0 Å². The van der Waals surface area contributed by atoms with Gasteiger partial charge in [0, 0.05) is 20.6 Å². The first-order chi connectivity index (χ1) is 9.24. The molecule has 0 spiro atoms. The van der Waals surface area contributed by atoms with Crippen LogP contribution in [0.5, 0.6) is 5.88 Å². The van der Waals surface area contributed by atoms with Gasteiger partial charge in [-0.25, -0.2) is 17.7 Å². The molecule has 1 rings (SSSR count). The van der Waals surface area contributed by atoms with Crippen LogP contribution in [0.25, 0.3) is 0 Å². The molecule has 0 bridgehead atoms. The van der Waals surface area contributed by atoms with Crippen LogP contribution in [0.4, 0.5) is 11.5 Å². The van der Waals surface area contributed by atoms with Gasteiger partial charge >= 0.3 is 0 Å². The highest BCUT2D eigenvalue weighted by atomic mass is 32.2. The van der Waals surface area contributed by atoms with Gasteiger partial charge in [0.1, 0.15) is 12.0 Å². The maximum absolute atomic E-state index is 11.6. The van der Waals surface area contributed by atoms with Crippen LogP contribution in [0.1, 0.15) is 13.8 Å². The molecule has 1 aromatic heterocycles. The third-order valence-electron chi connectivity index (χ3n) is 2.40. The molecule has 0 atom stereocenters. The molecule has 0 aliphatic carbocycles. The molecule has 0 aliphatic rings. The first-order valence-corrected chi connectivity index (χ1v) is 7.76. The van der Waals surface area contributed by atoms with Gasteiger partial charge < -0.3 is 15.8 Å². The fraction of sp³-hybridized carbons (Fsp3) is 0.636. The van der Waals surface area contributed by atoms with Crippen LogP contribution in [-0.2, 0) is 10.0 Å². The summed E-state index contributed by atoms with van der Waals surface area (Å²) < 4.78 is 29.8. The molecule has 1 heterocycles. The van der Waals surface area contributed by atoms with Crippen molar-refractivity contribution in [2.75, 3.05) is 37.4 Å². The second-order valence-electron chi connectivity index (χ2n) is 4.63. The monoisotopic (exact) mass is 303 g/mol. The number of sulfonamides is 1. The van der Waals surface area contributed by atoms with Gasteiger partial charge in [-0.05, 0) is 13.8 Å². The topological polar surface area (TPSA) is 110 Å². The van der Waals surface area contributed by atoms with Crippen LogP contribution in [0.15, 0.2) is 6.33 Å². The van der Waals surface area contributed by atoms with E-state index in [9.17, 15) is 8.42 Å². The molecular formula is C11H21N5O3S. The number of hydrogen-bond acceptors (Lipinski definition) is 7. The van der Waals surface area contributed by atoms with Crippen molar-refractivity contribution in [1.82, 2.24) is 14.3 Å². The van der Waals surface area contributed by atoms with E-state index in [4.69, 9.17) is 10.5 Å². The lowest BCUT2D eigenvalue weighted by Gasteiger charge is -2.14. The zero-order valence-electron chi connectivity index (χ0n) is 12.1. The average Bonchev–Trinajstić information content (AvgIpc) is 2.33. The molecule has 0 radical (unpaired) electrons. The summed E-state index contributed by atoms with van der Waals surface area (Å²) in [5.41, 5.74) is 6.14. The highest BCUT2D eigenvalue weighted by molar-refractivity contribution is 7.89. The molecule has 0 aliphatic heterocycles. The van der Waals surface area contributed by atoms with E-state index < -0.39 is 10.0 Å². The predicted octanol–water partition coefficient (Wildman–Crippen LogP) is 0.149. The van der Waals surface area contributed by atoms with Gasteiger partial charge in [0.05, 0.1) is 11.9 Å². The molecule has 0 saturated carbocycles. The summed E-state index contributed by atoms with van der Waals surface area (Å²) in [4.78, 5) is 7.91. The Morgan fingerprint density at radius 3 is 2.60 bits per heavy atom. The molecule has 9 heteroatoms. The number of rotatable bonds is 7. The van der Waals surface area contributed by atoms with Crippen molar-refractivity contribution in [2.45, 2.75) is 20.0 Å². The number of anilines is 2. The lowest BCUT2D eigenvalue weighted by atomic mass is 10.4. The predicted molar refractivity (Wildman–Crippen MR) is 78.2 cm³/mol. The van der Waals surface area contributed by atoms with Crippen LogP contribution in [-0.4, -0.2) is 55.2 Å². The Morgan fingerprint density at radius 1 is 1.40 bits per heavy atom. The molecule has 0 unspecified atom stereocenters. The van der Waals surface area contributed by atoms with Gasteiger partial charge in [0.15, 0.2) is 5.82 Å². The molecule has 3 N–H and O–H groups in total. The number of nitrogen functional groups attached to an aromatic ring is 1. The molecular weight excluding hydrogens is 282 g/mol. The van der Waals surface area contributed by atoms with E-state index in [-0.39, 0.29) is 30.0 Å². The van der Waals surface area contributed by atoms with Gasteiger partial charge in [-0.15, -0.1) is 0 Å². The molecule has 0 fully saturated rings. The highest BCUT2D eigenvalue weighted by Crippen LogP contribution is 2.25. The largest absolute Gasteiger partial charge is 0.473 e. The van der Waals surface area contributed by atoms with E-state index >= 15 is 0 Å². The Hall–Kier alpha value is -1.61. The SMILES string of the molecule is CC(C)Oc1ncnc(NCCS(=O)(=O)N(C)C)c1N. The van der Waals surface area contributed by atoms with Crippen molar-refractivity contribution in [3.8, 4) is 5.88 Å². The Kier molecular flexibility index (Phi) is 5.52. The maximum atomic E-state index is 11.6. The minimum atomic E-state index is -3.25. The van der Waals surface area contributed by atoms with E-state index in [0.29, 0.717) is 5.82 Å². The molecule has 1 aromatic rings. The van der Waals surface area contributed by atoms with Crippen LogP contribution < -0.4 is 15.8 Å². The van der Waals surface area contributed by atoms with Gasteiger partial charge in [0.2, 0.25) is 15.9 Å². The quantitative estimate of drug-likeness (QED) is 0.737. The number of nitrogens with zero attached hydrogens (tertiary/aromatic N) is 3. The highest BCUT2D eigenvalue weighted by Gasteiger charge is 2.14. The second-order valence-corrected chi connectivity index (χ2v) is 6.94. The Labute approximate surface area is 119 Å². The second kappa shape index (κ2) is 6.71. The van der Waals surface area contributed by atoms with Crippen LogP contribution in [0.3, 0.4) is 0 Å². The Balaban J connectivity index is 2.70. The fourth-order valence-corrected chi connectivity index (χ4v) is 2.04. The minimum absolute atomic E-state index is 0.0518. The van der Waals surface area contributed by atoms with Crippen LogP contribution in [0.2, 0.25) is 0 Å². The van der Waals surface area contributed by atoms with Crippen molar-refractivity contribution in [2.24, 2.45) is 0 Å². The van der Waals surface area contributed by atoms with Crippen molar-refractivity contribution in [3.63, 3.8) is 0 Å². The third-order valence-corrected chi connectivity index (χ3v) is 4.24. The molecule has 0 amide bonds. The smallest absolute Gasteiger partial charge is 0.242 e. The zero-order valence-corrected chi connectivity index (χ0v) is 12.9. The van der Waals surface area contributed by atoms with Crippen molar-refractivity contribution >= 4 is 21.5 Å². The Bertz CT molecular complexity index is 545. The lowest BCUT2D eigenvalue weighted by molar-refractivity contribution is 0.234. The summed E-state index contributed by atoms with van der Waals surface area (Å²) in [6, 6.07) is 0. The first-order valence-electron chi connectivity index (χ1n) is 6.15. The van der Waals surface area contributed by atoms with Gasteiger partial charge in [-0.1, -0.05) is 0 Å². The standard InChI is InChI=1S/C11H21N5O3S/c1-8(2)19-11-9(12)10(14-7-15-11)13-5-6-20(17,18)16(3)4/h7-8H,5-6,12H2,1-4H3,(H,13,14,15). The van der Waals surface area contributed by atoms with E-state index in [1.807, 2.05) is 13.8 Å². The number of nitrogens with two attached hydrogens (primary N) is 1. The number of hydrogen-bond donors (Lipinski definition) is 2. The van der Waals surface area contributed by atoms with E-state index in [2.05, 4.69) is 15.3 Å². The zero-order chi connectivity index (χ0) is 15.3. The van der Waals surface area contributed by atoms with Gasteiger partial charge in [-0.3, -0.25) is 0 Å². The molecule has 0 saturated heterocycles. The Morgan fingerprint density at radius 2 is 2.05 bits per heavy atom. The fourth-order valence-electron chi connectivity index (χ4n) is 1.32. The number of nitrogens with one attached hydrogen (secondary N) is 1. The summed E-state index contributed by atoms with van der Waals surface area (Å²) in [5, 5.41) is 2.88. The summed E-state index contributed by atoms with van der Waals surface area (Å²) in [6.07, 6.45) is 1.26. The number of aromatic nitrogens is 2. The van der Waals surface area contributed by atoms with Crippen molar-refractivity contribution < 1.29 is 13.2 Å². The summed E-state index contributed by atoms with van der Waals surface area (Å²) in [7, 11) is -0.277. The van der Waals surface area contributed by atoms with Crippen LogP contribution in [0, 0.1) is 0 Å². The van der Waals surface area contributed by atoms with E-state index in [1.165, 1.54) is 24.7 Å². The molecule has 0 aromatic carbocycles. The lowest BCUT2D eigenvalue weighted by Crippen LogP contribution is -2.28. The normalized spacial score (nSPS) is 11.9. The molecule has 8 nitrogen and oxygen atoms in total. The average molecular weight is 303 g/mol. The first kappa shape index (κ1) is 16.4. The maximum Gasteiger partial charge on any atom is 0.242 e. The van der Waals surface area contributed by atoms with Crippen LogP contribution >= 0.6 is 0 Å². The minimum Gasteiger partial charge on any atom is -0.473 e. The summed E-state index contributed by atoms with van der Waals surface area (Å²) >= 11 is 0.